The molecular weight excluding hydrogens is 338 g/mol. The summed E-state index contributed by atoms with van der Waals surface area (Å²) in [6, 6.07) is 13.9. The number of carbonyl (C=O) groups is 3. The Morgan fingerprint density at radius 3 is 2.56 bits per heavy atom. The van der Waals surface area contributed by atoms with Crippen LogP contribution in [-0.4, -0.2) is 22.6 Å². The van der Waals surface area contributed by atoms with E-state index in [1.165, 1.54) is 11.8 Å². The third-order valence-electron chi connectivity index (χ3n) is 4.46. The summed E-state index contributed by atoms with van der Waals surface area (Å²) in [7, 11) is 0. The molecular formula is C18H15N3O3S. The predicted molar refractivity (Wildman–Crippen MR) is 95.3 cm³/mol. The van der Waals surface area contributed by atoms with Gasteiger partial charge in [-0.25, -0.2) is 0 Å². The third kappa shape index (κ3) is 2.39. The number of fused-ring (bicyclic) bond motifs is 3. The first-order chi connectivity index (χ1) is 12.0. The summed E-state index contributed by atoms with van der Waals surface area (Å²) < 4.78 is 0. The minimum Gasteiger partial charge on any atom is -0.366 e. The maximum absolute atomic E-state index is 13.0. The van der Waals surface area contributed by atoms with Gasteiger partial charge in [0.1, 0.15) is 0 Å². The fourth-order valence-electron chi connectivity index (χ4n) is 3.25. The molecule has 2 aliphatic heterocycles. The smallest absolute Gasteiger partial charge is 0.261 e. The van der Waals surface area contributed by atoms with Crippen LogP contribution in [-0.2, 0) is 9.59 Å². The molecule has 0 aromatic heterocycles. The zero-order chi connectivity index (χ0) is 17.6. The van der Waals surface area contributed by atoms with Crippen LogP contribution in [0.1, 0.15) is 23.2 Å². The molecule has 0 radical (unpaired) electrons. The molecule has 0 saturated carbocycles. The summed E-state index contributed by atoms with van der Waals surface area (Å²) in [5.41, 5.74) is 6.94. The first kappa shape index (κ1) is 15.7. The molecule has 25 heavy (non-hydrogen) atoms. The number of hydrogen-bond acceptors (Lipinski definition) is 4. The van der Waals surface area contributed by atoms with Crippen LogP contribution < -0.4 is 16.0 Å². The monoisotopic (exact) mass is 353 g/mol. The highest BCUT2D eigenvalue weighted by Crippen LogP contribution is 2.55. The van der Waals surface area contributed by atoms with Gasteiger partial charge in [0, 0.05) is 22.6 Å². The Balaban J connectivity index is 1.63. The van der Waals surface area contributed by atoms with Crippen molar-refractivity contribution in [2.75, 3.05) is 10.2 Å². The molecule has 0 spiro atoms. The number of amides is 3. The Morgan fingerprint density at radius 1 is 1.12 bits per heavy atom. The molecule has 1 unspecified atom stereocenters. The van der Waals surface area contributed by atoms with Crippen LogP contribution in [0, 0.1) is 0 Å². The predicted octanol–water partition coefficient (Wildman–Crippen LogP) is 2.35. The Kier molecular flexibility index (Phi) is 3.54. The molecule has 6 nitrogen and oxygen atoms in total. The second-order valence-corrected chi connectivity index (χ2v) is 7.30. The van der Waals surface area contributed by atoms with Gasteiger partial charge in [-0.1, -0.05) is 23.9 Å². The van der Waals surface area contributed by atoms with Crippen LogP contribution >= 0.6 is 11.8 Å². The minimum absolute atomic E-state index is 0.0447. The summed E-state index contributed by atoms with van der Waals surface area (Å²) in [5, 5.41) is 2.86. The Bertz CT molecular complexity index is 897. The minimum atomic E-state index is -0.955. The second-order valence-electron chi connectivity index (χ2n) is 5.98. The van der Waals surface area contributed by atoms with E-state index >= 15 is 0 Å². The second kappa shape index (κ2) is 5.63. The summed E-state index contributed by atoms with van der Waals surface area (Å²) in [6.45, 7) is 0. The van der Waals surface area contributed by atoms with Crippen LogP contribution in [0.4, 0.5) is 11.4 Å². The van der Waals surface area contributed by atoms with Crippen LogP contribution in [0.2, 0.25) is 0 Å². The SMILES string of the molecule is NC(=O)c1ccc(NC(=O)C23CCC(=O)N2c2ccccc2S3)cc1. The molecule has 3 amide bonds. The van der Waals surface area contributed by atoms with Crippen molar-refractivity contribution in [2.45, 2.75) is 22.6 Å². The lowest BCUT2D eigenvalue weighted by Crippen LogP contribution is -2.49. The Hall–Kier alpha value is -2.80. The van der Waals surface area contributed by atoms with Gasteiger partial charge in [-0.3, -0.25) is 19.3 Å². The van der Waals surface area contributed by atoms with Gasteiger partial charge in [0.05, 0.1) is 5.69 Å². The van der Waals surface area contributed by atoms with Crippen LogP contribution in [0.25, 0.3) is 0 Å². The highest BCUT2D eigenvalue weighted by Gasteiger charge is 2.57. The molecule has 3 N–H and O–H groups in total. The first-order valence-electron chi connectivity index (χ1n) is 7.84. The van der Waals surface area contributed by atoms with Crippen molar-refractivity contribution in [2.24, 2.45) is 5.73 Å². The average molecular weight is 353 g/mol. The van der Waals surface area contributed by atoms with E-state index in [1.807, 2.05) is 24.3 Å². The maximum atomic E-state index is 13.0. The maximum Gasteiger partial charge on any atom is 0.261 e. The zero-order valence-electron chi connectivity index (χ0n) is 13.2. The number of nitrogens with one attached hydrogen (secondary N) is 1. The lowest BCUT2D eigenvalue weighted by molar-refractivity contribution is -0.121. The van der Waals surface area contributed by atoms with Crippen molar-refractivity contribution in [3.63, 3.8) is 0 Å². The van der Waals surface area contributed by atoms with Crippen molar-refractivity contribution < 1.29 is 14.4 Å². The topological polar surface area (TPSA) is 92.5 Å². The van der Waals surface area contributed by atoms with Gasteiger partial charge < -0.3 is 11.1 Å². The number of anilines is 2. The van der Waals surface area contributed by atoms with Crippen LogP contribution in [0.3, 0.4) is 0 Å². The number of hydrogen-bond donors (Lipinski definition) is 2. The summed E-state index contributed by atoms with van der Waals surface area (Å²) in [6.07, 6.45) is 0.797. The molecule has 7 heteroatoms. The highest BCUT2D eigenvalue weighted by molar-refractivity contribution is 8.02. The van der Waals surface area contributed by atoms with Crippen molar-refractivity contribution >= 4 is 40.9 Å². The Morgan fingerprint density at radius 2 is 1.84 bits per heavy atom. The van der Waals surface area contributed by atoms with Crippen molar-refractivity contribution in [1.82, 2.24) is 0 Å². The van der Waals surface area contributed by atoms with E-state index in [0.29, 0.717) is 24.1 Å². The number of primary amides is 1. The molecule has 2 aromatic carbocycles. The van der Waals surface area contributed by atoms with E-state index in [1.54, 1.807) is 29.2 Å². The summed E-state index contributed by atoms with van der Waals surface area (Å²) in [4.78, 5) is 38.1. The number of nitrogens with two attached hydrogens (primary N) is 1. The van der Waals surface area contributed by atoms with Gasteiger partial charge >= 0.3 is 0 Å². The molecule has 1 saturated heterocycles. The van der Waals surface area contributed by atoms with E-state index < -0.39 is 10.8 Å². The number of carbonyl (C=O) groups excluding carboxylic acids is 3. The zero-order valence-corrected chi connectivity index (χ0v) is 14.0. The van der Waals surface area contributed by atoms with Gasteiger partial charge in [0.15, 0.2) is 4.87 Å². The number of rotatable bonds is 3. The normalized spacial score (nSPS) is 21.0. The quantitative estimate of drug-likeness (QED) is 0.886. The fourth-order valence-corrected chi connectivity index (χ4v) is 4.66. The highest BCUT2D eigenvalue weighted by atomic mass is 32.2. The molecule has 0 bridgehead atoms. The molecule has 1 fully saturated rings. The summed E-state index contributed by atoms with van der Waals surface area (Å²) >= 11 is 1.41. The number of benzene rings is 2. The third-order valence-corrected chi connectivity index (χ3v) is 5.93. The van der Waals surface area contributed by atoms with Crippen LogP contribution in [0.15, 0.2) is 53.4 Å². The molecule has 0 aliphatic carbocycles. The van der Waals surface area contributed by atoms with Crippen molar-refractivity contribution in [1.29, 1.82) is 0 Å². The molecule has 2 aliphatic rings. The standard InChI is InChI=1S/C18H15N3O3S/c19-16(23)11-5-7-12(8-6-11)20-17(24)18-10-9-15(22)21(18)13-3-1-2-4-14(13)25-18/h1-8H,9-10H2,(H2,19,23)(H,20,24). The van der Waals surface area contributed by atoms with Crippen molar-refractivity contribution in [3.05, 3.63) is 54.1 Å². The Labute approximate surface area is 148 Å². The molecule has 1 atom stereocenters. The van der Waals surface area contributed by atoms with Crippen LogP contribution in [0.5, 0.6) is 0 Å². The van der Waals surface area contributed by atoms with Gasteiger partial charge in [-0.15, -0.1) is 0 Å². The largest absolute Gasteiger partial charge is 0.366 e. The van der Waals surface area contributed by atoms with Gasteiger partial charge in [-0.05, 0) is 42.8 Å². The van der Waals surface area contributed by atoms with E-state index in [0.717, 1.165) is 10.6 Å². The van der Waals surface area contributed by atoms with E-state index in [4.69, 9.17) is 5.73 Å². The van der Waals surface area contributed by atoms with Gasteiger partial charge in [-0.2, -0.15) is 0 Å². The molecule has 4 rings (SSSR count). The van der Waals surface area contributed by atoms with E-state index in [2.05, 4.69) is 5.32 Å². The number of para-hydroxylation sites is 1. The van der Waals surface area contributed by atoms with Crippen molar-refractivity contribution in [3.8, 4) is 0 Å². The lowest BCUT2D eigenvalue weighted by Gasteiger charge is -2.29. The fraction of sp³-hybridized carbons (Fsp3) is 0.167. The molecule has 2 heterocycles. The number of nitrogens with zero attached hydrogens (tertiary/aromatic N) is 1. The first-order valence-corrected chi connectivity index (χ1v) is 8.65. The summed E-state index contributed by atoms with van der Waals surface area (Å²) in [5.74, 6) is -0.811. The van der Waals surface area contributed by atoms with E-state index in [-0.39, 0.29) is 11.8 Å². The lowest BCUT2D eigenvalue weighted by atomic mass is 10.1. The van der Waals surface area contributed by atoms with Gasteiger partial charge in [0.2, 0.25) is 11.8 Å². The molecule has 126 valence electrons. The van der Waals surface area contributed by atoms with E-state index in [9.17, 15) is 14.4 Å². The average Bonchev–Trinajstić information content (AvgIpc) is 3.11. The molecule has 2 aromatic rings. The number of thioether (sulfide) groups is 1. The van der Waals surface area contributed by atoms with Gasteiger partial charge in [0.25, 0.3) is 5.91 Å².